The molecule has 6 heteroatoms. The molecular weight excluding hydrogens is 352 g/mol. The standard InChI is InChI=1S/C21H25F2NO3/c1-12(21-8-13-2-14(9-21)4-15(3-13)10-21)24-19(25)11-27-20(26)16-5-17(22)7-18(23)6-16/h5-7,12-15H,2-4,8-11H2,1H3,(H,24,25)/t12-,13?,14?,15?,21?/m1/s1. The Balaban J connectivity index is 1.32. The van der Waals surface area contributed by atoms with E-state index in [1.165, 1.54) is 38.5 Å². The topological polar surface area (TPSA) is 55.4 Å². The van der Waals surface area contributed by atoms with Gasteiger partial charge < -0.3 is 10.1 Å². The van der Waals surface area contributed by atoms with Crippen molar-refractivity contribution >= 4 is 11.9 Å². The second-order valence-corrected chi connectivity index (χ2v) is 8.80. The van der Waals surface area contributed by atoms with Gasteiger partial charge >= 0.3 is 5.97 Å². The molecule has 1 atom stereocenters. The number of nitrogens with one attached hydrogen (secondary N) is 1. The largest absolute Gasteiger partial charge is 0.452 e. The summed E-state index contributed by atoms with van der Waals surface area (Å²) in [5.41, 5.74) is -0.0745. The lowest BCUT2D eigenvalue weighted by Gasteiger charge is -2.59. The van der Waals surface area contributed by atoms with Crippen LogP contribution in [0.2, 0.25) is 0 Å². The van der Waals surface area contributed by atoms with Crippen molar-refractivity contribution < 1.29 is 23.1 Å². The number of esters is 1. The number of carbonyl (C=O) groups excluding carboxylic acids is 2. The van der Waals surface area contributed by atoms with E-state index in [2.05, 4.69) is 12.2 Å². The van der Waals surface area contributed by atoms with Crippen molar-refractivity contribution in [3.63, 3.8) is 0 Å². The van der Waals surface area contributed by atoms with Gasteiger partial charge in [-0.3, -0.25) is 4.79 Å². The van der Waals surface area contributed by atoms with Crippen LogP contribution >= 0.6 is 0 Å². The second-order valence-electron chi connectivity index (χ2n) is 8.80. The normalized spacial score (nSPS) is 32.2. The highest BCUT2D eigenvalue weighted by Gasteiger charge is 2.53. The molecule has 1 amide bonds. The van der Waals surface area contributed by atoms with Crippen LogP contribution in [0, 0.1) is 34.8 Å². The molecule has 146 valence electrons. The third-order valence-corrected chi connectivity index (χ3v) is 6.81. The van der Waals surface area contributed by atoms with Crippen LogP contribution in [0.4, 0.5) is 8.78 Å². The van der Waals surface area contributed by atoms with E-state index >= 15 is 0 Å². The minimum Gasteiger partial charge on any atom is -0.452 e. The summed E-state index contributed by atoms with van der Waals surface area (Å²) in [6, 6.07) is 2.49. The fourth-order valence-electron chi connectivity index (χ4n) is 6.03. The van der Waals surface area contributed by atoms with Gasteiger partial charge in [-0.1, -0.05) is 0 Å². The Morgan fingerprint density at radius 3 is 2.11 bits per heavy atom. The lowest BCUT2D eigenvalue weighted by molar-refractivity contribution is -0.128. The van der Waals surface area contributed by atoms with Crippen molar-refractivity contribution in [2.45, 2.75) is 51.5 Å². The minimum atomic E-state index is -0.911. The summed E-state index contributed by atoms with van der Waals surface area (Å²) in [6.07, 6.45) is 7.51. The molecule has 0 aromatic heterocycles. The summed E-state index contributed by atoms with van der Waals surface area (Å²) in [5.74, 6) is -0.637. The molecule has 27 heavy (non-hydrogen) atoms. The molecule has 0 saturated heterocycles. The molecule has 4 saturated carbocycles. The lowest BCUT2D eigenvalue weighted by atomic mass is 9.48. The van der Waals surface area contributed by atoms with Crippen molar-refractivity contribution in [3.05, 3.63) is 35.4 Å². The molecule has 4 fully saturated rings. The predicted octanol–water partition coefficient (Wildman–Crippen LogP) is 3.84. The van der Waals surface area contributed by atoms with E-state index in [0.717, 1.165) is 29.9 Å². The van der Waals surface area contributed by atoms with Crippen molar-refractivity contribution in [2.75, 3.05) is 6.61 Å². The molecule has 5 rings (SSSR count). The molecule has 1 N–H and O–H groups in total. The SMILES string of the molecule is C[C@@H](NC(=O)COC(=O)c1cc(F)cc(F)c1)C12CC3CC(CC(C3)C1)C2. The van der Waals surface area contributed by atoms with E-state index in [4.69, 9.17) is 4.74 Å². The number of carbonyl (C=O) groups is 2. The monoisotopic (exact) mass is 377 g/mol. The predicted molar refractivity (Wildman–Crippen MR) is 94.9 cm³/mol. The van der Waals surface area contributed by atoms with Crippen molar-refractivity contribution in [3.8, 4) is 0 Å². The van der Waals surface area contributed by atoms with Crippen LogP contribution in [0.3, 0.4) is 0 Å². The van der Waals surface area contributed by atoms with E-state index in [1.807, 2.05) is 0 Å². The van der Waals surface area contributed by atoms with Gasteiger partial charge in [0.2, 0.25) is 0 Å². The first-order valence-corrected chi connectivity index (χ1v) is 9.75. The smallest absolute Gasteiger partial charge is 0.338 e. The van der Waals surface area contributed by atoms with E-state index in [9.17, 15) is 18.4 Å². The quantitative estimate of drug-likeness (QED) is 0.793. The number of ether oxygens (including phenoxy) is 1. The van der Waals surface area contributed by atoms with Crippen LogP contribution < -0.4 is 5.32 Å². The summed E-state index contributed by atoms with van der Waals surface area (Å²) in [7, 11) is 0. The molecule has 4 aliphatic carbocycles. The van der Waals surface area contributed by atoms with Crippen molar-refractivity contribution in [2.24, 2.45) is 23.2 Å². The molecule has 1 aromatic carbocycles. The number of halogens is 2. The maximum atomic E-state index is 13.2. The number of benzene rings is 1. The number of rotatable bonds is 5. The third-order valence-electron chi connectivity index (χ3n) is 6.81. The lowest BCUT2D eigenvalue weighted by Crippen LogP contribution is -2.56. The van der Waals surface area contributed by atoms with Crippen LogP contribution in [0.25, 0.3) is 0 Å². The van der Waals surface area contributed by atoms with E-state index < -0.39 is 24.2 Å². The zero-order valence-electron chi connectivity index (χ0n) is 15.5. The Labute approximate surface area is 157 Å². The molecule has 0 aliphatic heterocycles. The molecule has 0 heterocycles. The highest BCUT2D eigenvalue weighted by molar-refractivity contribution is 5.91. The molecule has 0 spiro atoms. The van der Waals surface area contributed by atoms with Gasteiger partial charge in [-0.15, -0.1) is 0 Å². The summed E-state index contributed by atoms with van der Waals surface area (Å²) >= 11 is 0. The molecule has 4 bridgehead atoms. The van der Waals surface area contributed by atoms with Gasteiger partial charge in [0.15, 0.2) is 6.61 Å². The first kappa shape index (κ1) is 18.4. The molecule has 0 radical (unpaired) electrons. The van der Waals surface area contributed by atoms with Gasteiger partial charge in [0, 0.05) is 12.1 Å². The van der Waals surface area contributed by atoms with Crippen molar-refractivity contribution in [1.82, 2.24) is 5.32 Å². The fourth-order valence-corrected chi connectivity index (χ4v) is 6.03. The van der Waals surface area contributed by atoms with Gasteiger partial charge in [0.05, 0.1) is 5.56 Å². The van der Waals surface area contributed by atoms with Gasteiger partial charge in [-0.05, 0) is 80.8 Å². The van der Waals surface area contributed by atoms with Gasteiger partial charge in [0.1, 0.15) is 11.6 Å². The highest BCUT2D eigenvalue weighted by Crippen LogP contribution is 2.61. The Hall–Kier alpha value is -1.98. The summed E-state index contributed by atoms with van der Waals surface area (Å²) in [5, 5.41) is 3.00. The maximum absolute atomic E-state index is 13.2. The number of hydrogen-bond donors (Lipinski definition) is 1. The second kappa shape index (κ2) is 6.88. The van der Waals surface area contributed by atoms with E-state index in [-0.39, 0.29) is 22.9 Å². The van der Waals surface area contributed by atoms with Gasteiger partial charge in [0.25, 0.3) is 5.91 Å². The molecule has 0 unspecified atom stereocenters. The minimum absolute atomic E-state index is 0.0312. The molecule has 1 aromatic rings. The van der Waals surface area contributed by atoms with E-state index in [1.54, 1.807) is 0 Å². The van der Waals surface area contributed by atoms with Gasteiger partial charge in [-0.25, -0.2) is 13.6 Å². The maximum Gasteiger partial charge on any atom is 0.338 e. The van der Waals surface area contributed by atoms with Crippen LogP contribution in [0.5, 0.6) is 0 Å². The zero-order chi connectivity index (χ0) is 19.2. The Bertz CT molecular complexity index is 708. The molecule has 4 nitrogen and oxygen atoms in total. The summed E-state index contributed by atoms with van der Waals surface area (Å²) < 4.78 is 31.3. The average molecular weight is 377 g/mol. The van der Waals surface area contributed by atoms with Crippen LogP contribution in [-0.4, -0.2) is 24.5 Å². The zero-order valence-corrected chi connectivity index (χ0v) is 15.5. The first-order chi connectivity index (χ1) is 12.8. The highest BCUT2D eigenvalue weighted by atomic mass is 19.1. The Morgan fingerprint density at radius 1 is 1.07 bits per heavy atom. The third kappa shape index (κ3) is 3.71. The summed E-state index contributed by atoms with van der Waals surface area (Å²) in [6.45, 7) is 1.60. The van der Waals surface area contributed by atoms with E-state index in [0.29, 0.717) is 6.07 Å². The van der Waals surface area contributed by atoms with Crippen LogP contribution in [0.1, 0.15) is 55.8 Å². The molecular formula is C21H25F2NO3. The van der Waals surface area contributed by atoms with Gasteiger partial charge in [-0.2, -0.15) is 0 Å². The first-order valence-electron chi connectivity index (χ1n) is 9.75. The Morgan fingerprint density at radius 2 is 1.59 bits per heavy atom. The van der Waals surface area contributed by atoms with Crippen LogP contribution in [-0.2, 0) is 9.53 Å². The average Bonchev–Trinajstić information content (AvgIpc) is 2.57. The summed E-state index contributed by atoms with van der Waals surface area (Å²) in [4.78, 5) is 24.2. The van der Waals surface area contributed by atoms with Crippen LogP contribution in [0.15, 0.2) is 18.2 Å². The Kier molecular flexibility index (Phi) is 4.68. The molecule has 4 aliphatic rings. The fraction of sp³-hybridized carbons (Fsp3) is 0.619. The number of amides is 1. The number of hydrogen-bond acceptors (Lipinski definition) is 3. The van der Waals surface area contributed by atoms with Crippen molar-refractivity contribution in [1.29, 1.82) is 0 Å².